The Bertz CT molecular complexity index is 1140. The molecule has 1 amide bonds. The number of hydrogen-bond acceptors (Lipinski definition) is 5. The summed E-state index contributed by atoms with van der Waals surface area (Å²) < 4.78 is 10.6. The highest BCUT2D eigenvalue weighted by atomic mass is 16.5. The van der Waals surface area contributed by atoms with E-state index in [9.17, 15) is 14.7 Å². The molecule has 3 rings (SSSR count). The number of aryl methyl sites for hydroxylation is 2. The quantitative estimate of drug-likeness (QED) is 0.408. The fourth-order valence-electron chi connectivity index (χ4n) is 3.09. The molecule has 0 aliphatic heterocycles. The predicted molar refractivity (Wildman–Crippen MR) is 124 cm³/mol. The molecule has 0 aliphatic rings. The summed E-state index contributed by atoms with van der Waals surface area (Å²) >= 11 is 0. The number of anilines is 1. The Hall–Kier alpha value is -4.06. The van der Waals surface area contributed by atoms with Crippen molar-refractivity contribution in [2.75, 3.05) is 12.4 Å². The molecular formula is C26H25NO5. The summed E-state index contributed by atoms with van der Waals surface area (Å²) in [7, 11) is 1.44. The van der Waals surface area contributed by atoms with Crippen LogP contribution < -0.4 is 10.1 Å². The van der Waals surface area contributed by atoms with Crippen molar-refractivity contribution in [1.29, 1.82) is 0 Å². The smallest absolute Gasteiger partial charge is 0.331 e. The Morgan fingerprint density at radius 1 is 1.00 bits per heavy atom. The van der Waals surface area contributed by atoms with Crippen molar-refractivity contribution < 1.29 is 24.2 Å². The van der Waals surface area contributed by atoms with Crippen LogP contribution >= 0.6 is 0 Å². The minimum absolute atomic E-state index is 0.000480. The van der Waals surface area contributed by atoms with Crippen molar-refractivity contribution in [2.45, 2.75) is 20.0 Å². The van der Waals surface area contributed by atoms with Gasteiger partial charge >= 0.3 is 5.97 Å². The molecule has 0 aliphatic carbocycles. The molecule has 3 aromatic carbocycles. The number of phenols is 1. The standard InChI is InChI=1S/C26H25NO5/c1-17-9-10-18(2)21(15-17)27-26(30)25(20-7-5-4-6-8-20)32-24(29)14-12-19-11-13-22(28)23(16-19)31-3/h4-16,25,28H,1-3H3,(H,27,30). The van der Waals surface area contributed by atoms with Crippen LogP contribution in [0.15, 0.2) is 72.8 Å². The normalized spacial score (nSPS) is 11.7. The number of ether oxygens (including phenoxy) is 2. The summed E-state index contributed by atoms with van der Waals surface area (Å²) in [4.78, 5) is 25.6. The molecule has 2 N–H and O–H groups in total. The molecule has 6 nitrogen and oxygen atoms in total. The van der Waals surface area contributed by atoms with E-state index in [1.165, 1.54) is 25.3 Å². The lowest BCUT2D eigenvalue weighted by atomic mass is 10.1. The summed E-state index contributed by atoms with van der Waals surface area (Å²) in [5, 5.41) is 12.6. The van der Waals surface area contributed by atoms with Crippen LogP contribution in [0.2, 0.25) is 0 Å². The molecule has 6 heteroatoms. The van der Waals surface area contributed by atoms with Gasteiger partial charge in [0.15, 0.2) is 11.5 Å². The maximum atomic E-state index is 13.1. The van der Waals surface area contributed by atoms with Gasteiger partial charge in [0, 0.05) is 17.3 Å². The summed E-state index contributed by atoms with van der Waals surface area (Å²) in [5.41, 5.74) is 3.77. The van der Waals surface area contributed by atoms with Gasteiger partial charge in [-0.1, -0.05) is 48.5 Å². The number of hydrogen-bond donors (Lipinski definition) is 2. The molecule has 164 valence electrons. The molecule has 1 atom stereocenters. The lowest BCUT2D eigenvalue weighted by molar-refractivity contribution is -0.149. The number of phenolic OH excluding ortho intramolecular Hbond substituents is 1. The van der Waals surface area contributed by atoms with E-state index in [-0.39, 0.29) is 11.5 Å². The predicted octanol–water partition coefficient (Wildman–Crippen LogP) is 4.95. The third kappa shape index (κ3) is 5.76. The van der Waals surface area contributed by atoms with Gasteiger partial charge in [0.1, 0.15) is 0 Å². The van der Waals surface area contributed by atoms with Gasteiger partial charge in [-0.3, -0.25) is 4.79 Å². The molecule has 0 fully saturated rings. The van der Waals surface area contributed by atoms with E-state index in [0.29, 0.717) is 16.8 Å². The molecule has 3 aromatic rings. The second-order valence-electron chi connectivity index (χ2n) is 7.30. The molecule has 0 saturated carbocycles. The first-order chi connectivity index (χ1) is 15.4. The maximum absolute atomic E-state index is 13.1. The van der Waals surface area contributed by atoms with Crippen LogP contribution in [0.1, 0.15) is 28.4 Å². The van der Waals surface area contributed by atoms with Gasteiger partial charge in [0.05, 0.1) is 7.11 Å². The van der Waals surface area contributed by atoms with E-state index in [4.69, 9.17) is 9.47 Å². The Morgan fingerprint density at radius 2 is 1.75 bits per heavy atom. The number of rotatable bonds is 7. The summed E-state index contributed by atoms with van der Waals surface area (Å²) in [6.45, 7) is 3.83. The average Bonchev–Trinajstić information content (AvgIpc) is 2.79. The Balaban J connectivity index is 1.79. The van der Waals surface area contributed by atoms with E-state index in [1.807, 2.05) is 38.1 Å². The zero-order valence-corrected chi connectivity index (χ0v) is 18.2. The van der Waals surface area contributed by atoms with Crippen LogP contribution in [0.4, 0.5) is 5.69 Å². The number of aromatic hydroxyl groups is 1. The van der Waals surface area contributed by atoms with Crippen LogP contribution in [-0.2, 0) is 14.3 Å². The first-order valence-corrected chi connectivity index (χ1v) is 10.1. The van der Waals surface area contributed by atoms with Crippen molar-refractivity contribution >= 4 is 23.6 Å². The van der Waals surface area contributed by atoms with Gasteiger partial charge in [-0.15, -0.1) is 0 Å². The summed E-state index contributed by atoms with van der Waals surface area (Å²) in [5.74, 6) is -0.838. The van der Waals surface area contributed by atoms with Gasteiger partial charge in [-0.2, -0.15) is 0 Å². The molecule has 0 spiro atoms. The Labute approximate surface area is 187 Å². The zero-order valence-electron chi connectivity index (χ0n) is 18.2. The van der Waals surface area contributed by atoms with Gasteiger partial charge in [0.25, 0.3) is 5.91 Å². The monoisotopic (exact) mass is 431 g/mol. The zero-order chi connectivity index (χ0) is 23.1. The molecular weight excluding hydrogens is 406 g/mol. The topological polar surface area (TPSA) is 84.9 Å². The highest BCUT2D eigenvalue weighted by molar-refractivity contribution is 5.98. The number of nitrogens with one attached hydrogen (secondary N) is 1. The third-order valence-electron chi connectivity index (χ3n) is 4.84. The summed E-state index contributed by atoms with van der Waals surface area (Å²) in [6.07, 6.45) is 1.63. The molecule has 0 aromatic heterocycles. The second-order valence-corrected chi connectivity index (χ2v) is 7.30. The summed E-state index contributed by atoms with van der Waals surface area (Å²) in [6, 6.07) is 19.3. The third-order valence-corrected chi connectivity index (χ3v) is 4.84. The van der Waals surface area contributed by atoms with Gasteiger partial charge in [-0.25, -0.2) is 4.79 Å². The Kier molecular flexibility index (Phi) is 7.29. The van der Waals surface area contributed by atoms with Crippen LogP contribution in [-0.4, -0.2) is 24.1 Å². The van der Waals surface area contributed by atoms with Crippen LogP contribution in [0, 0.1) is 13.8 Å². The largest absolute Gasteiger partial charge is 0.504 e. The van der Waals surface area contributed by atoms with Gasteiger partial charge in [-0.05, 0) is 54.8 Å². The first kappa shape index (κ1) is 22.6. The molecule has 32 heavy (non-hydrogen) atoms. The van der Waals surface area contributed by atoms with Crippen LogP contribution in [0.3, 0.4) is 0 Å². The van der Waals surface area contributed by atoms with Crippen molar-refractivity contribution in [3.8, 4) is 11.5 Å². The lowest BCUT2D eigenvalue weighted by Gasteiger charge is -2.18. The number of esters is 1. The molecule has 0 bridgehead atoms. The molecule has 1 unspecified atom stereocenters. The molecule has 0 heterocycles. The van der Waals surface area contributed by atoms with E-state index in [0.717, 1.165) is 11.1 Å². The van der Waals surface area contributed by atoms with Gasteiger partial charge < -0.3 is 19.9 Å². The van der Waals surface area contributed by atoms with E-state index in [2.05, 4.69) is 5.32 Å². The van der Waals surface area contributed by atoms with Crippen LogP contribution in [0.25, 0.3) is 6.08 Å². The maximum Gasteiger partial charge on any atom is 0.331 e. The average molecular weight is 431 g/mol. The fourth-order valence-corrected chi connectivity index (χ4v) is 3.09. The number of amides is 1. The van der Waals surface area contributed by atoms with Crippen molar-refractivity contribution in [3.63, 3.8) is 0 Å². The SMILES string of the molecule is COc1cc(C=CC(=O)OC(C(=O)Nc2cc(C)ccc2C)c2ccccc2)ccc1O. The fraction of sp³-hybridized carbons (Fsp3) is 0.154. The van der Waals surface area contributed by atoms with Gasteiger partial charge in [0.2, 0.25) is 6.10 Å². The van der Waals surface area contributed by atoms with Crippen molar-refractivity contribution in [1.82, 2.24) is 0 Å². The number of carbonyl (C=O) groups excluding carboxylic acids is 2. The van der Waals surface area contributed by atoms with E-state index in [1.54, 1.807) is 36.4 Å². The lowest BCUT2D eigenvalue weighted by Crippen LogP contribution is -2.25. The van der Waals surface area contributed by atoms with Crippen molar-refractivity contribution in [2.24, 2.45) is 0 Å². The number of methoxy groups -OCH3 is 1. The Morgan fingerprint density at radius 3 is 2.47 bits per heavy atom. The molecule has 0 radical (unpaired) electrons. The van der Waals surface area contributed by atoms with Crippen molar-refractivity contribution in [3.05, 3.63) is 95.1 Å². The van der Waals surface area contributed by atoms with E-state index < -0.39 is 18.0 Å². The number of benzene rings is 3. The number of carbonyl (C=O) groups is 2. The van der Waals surface area contributed by atoms with Crippen LogP contribution in [0.5, 0.6) is 11.5 Å². The molecule has 0 saturated heterocycles. The minimum atomic E-state index is -1.12. The van der Waals surface area contributed by atoms with E-state index >= 15 is 0 Å². The minimum Gasteiger partial charge on any atom is -0.504 e. The second kappa shape index (κ2) is 10.3. The highest BCUT2D eigenvalue weighted by Gasteiger charge is 2.24. The first-order valence-electron chi connectivity index (χ1n) is 10.1. The highest BCUT2D eigenvalue weighted by Crippen LogP contribution is 2.27.